The Labute approximate surface area is 139 Å². The van der Waals surface area contributed by atoms with Crippen molar-refractivity contribution < 1.29 is 22.3 Å². The van der Waals surface area contributed by atoms with Gasteiger partial charge in [0.1, 0.15) is 22.9 Å². The molecule has 24 heavy (non-hydrogen) atoms. The third-order valence-electron chi connectivity index (χ3n) is 3.93. The fourth-order valence-electron chi connectivity index (χ4n) is 2.46. The minimum atomic E-state index is -4.00. The Bertz CT molecular complexity index is 943. The van der Waals surface area contributed by atoms with Crippen molar-refractivity contribution in [1.29, 1.82) is 0 Å². The van der Waals surface area contributed by atoms with Crippen LogP contribution in [0.1, 0.15) is 18.7 Å². The Morgan fingerprint density at radius 3 is 2.54 bits per heavy atom. The van der Waals surface area contributed by atoms with Crippen LogP contribution in [0.15, 0.2) is 57.8 Å². The molecule has 0 saturated heterocycles. The molecule has 3 rings (SSSR count). The first-order chi connectivity index (χ1) is 11.3. The molecule has 5 nitrogen and oxygen atoms in total. The monoisotopic (exact) mass is 349 g/mol. The van der Waals surface area contributed by atoms with Crippen LogP contribution in [0.5, 0.6) is 5.75 Å². The summed E-state index contributed by atoms with van der Waals surface area (Å²) in [7, 11) is -2.61. The molecule has 1 atom stereocenters. The number of fused-ring (bicyclic) bond motifs is 1. The molecule has 1 aromatic heterocycles. The molecule has 0 radical (unpaired) electrons. The number of phenolic OH excluding ortho intramolecular Hbond substituents is 1. The fraction of sp³-hybridized carbons (Fsp3) is 0.176. The second-order valence-corrected chi connectivity index (χ2v) is 7.53. The molecule has 0 bridgehead atoms. The van der Waals surface area contributed by atoms with Crippen LogP contribution in [0.3, 0.4) is 0 Å². The Kier molecular flexibility index (Phi) is 4.06. The largest absolute Gasteiger partial charge is 0.508 e. The first-order valence-electron chi connectivity index (χ1n) is 7.25. The summed E-state index contributed by atoms with van der Waals surface area (Å²) in [6, 6.07) is 11.3. The molecular formula is C17H16FNO4S. The number of aromatic hydroxyl groups is 1. The van der Waals surface area contributed by atoms with Gasteiger partial charge in [0.25, 0.3) is 0 Å². The summed E-state index contributed by atoms with van der Waals surface area (Å²) < 4.78 is 45.6. The van der Waals surface area contributed by atoms with E-state index in [0.29, 0.717) is 11.3 Å². The fourth-order valence-corrected chi connectivity index (χ4v) is 3.84. The minimum absolute atomic E-state index is 0.314. The van der Waals surface area contributed by atoms with Gasteiger partial charge in [0.15, 0.2) is 0 Å². The SMILES string of the molecule is CC(c1cc2ccccc2o1)N(C)S(=O)(=O)c1cc(O)cc(F)c1. The first kappa shape index (κ1) is 16.5. The lowest BCUT2D eigenvalue weighted by atomic mass is 10.2. The average Bonchev–Trinajstić information content (AvgIpc) is 2.96. The van der Waals surface area contributed by atoms with Gasteiger partial charge < -0.3 is 9.52 Å². The van der Waals surface area contributed by atoms with E-state index in [0.717, 1.165) is 27.9 Å². The van der Waals surface area contributed by atoms with Crippen LogP contribution < -0.4 is 0 Å². The van der Waals surface area contributed by atoms with Gasteiger partial charge >= 0.3 is 0 Å². The number of phenols is 1. The number of benzene rings is 2. The molecule has 0 saturated carbocycles. The highest BCUT2D eigenvalue weighted by Crippen LogP contribution is 2.31. The minimum Gasteiger partial charge on any atom is -0.508 e. The van der Waals surface area contributed by atoms with Gasteiger partial charge in [-0.15, -0.1) is 0 Å². The molecule has 1 heterocycles. The quantitative estimate of drug-likeness (QED) is 0.780. The number of hydrogen-bond donors (Lipinski definition) is 1. The smallest absolute Gasteiger partial charge is 0.243 e. The normalized spacial score (nSPS) is 13.5. The van der Waals surface area contributed by atoms with Crippen LogP contribution in [0, 0.1) is 5.82 Å². The summed E-state index contributed by atoms with van der Waals surface area (Å²) in [5.41, 5.74) is 0.661. The zero-order valence-electron chi connectivity index (χ0n) is 13.1. The lowest BCUT2D eigenvalue weighted by Crippen LogP contribution is -2.29. The van der Waals surface area contributed by atoms with Crippen LogP contribution in [0.25, 0.3) is 11.0 Å². The van der Waals surface area contributed by atoms with Crippen molar-refractivity contribution in [3.8, 4) is 5.75 Å². The molecule has 0 aliphatic rings. The van der Waals surface area contributed by atoms with Gasteiger partial charge in [-0.25, -0.2) is 12.8 Å². The molecule has 0 aliphatic heterocycles. The van der Waals surface area contributed by atoms with E-state index in [1.807, 2.05) is 18.2 Å². The Balaban J connectivity index is 1.98. The van der Waals surface area contributed by atoms with E-state index in [1.165, 1.54) is 7.05 Å². The number of rotatable bonds is 4. The maximum Gasteiger partial charge on any atom is 0.243 e. The van der Waals surface area contributed by atoms with Gasteiger partial charge in [-0.05, 0) is 25.1 Å². The van der Waals surface area contributed by atoms with Crippen molar-refractivity contribution >= 4 is 21.0 Å². The predicted octanol–water partition coefficient (Wildman–Crippen LogP) is 3.66. The van der Waals surface area contributed by atoms with Crippen molar-refractivity contribution in [2.75, 3.05) is 7.05 Å². The van der Waals surface area contributed by atoms with Gasteiger partial charge in [-0.2, -0.15) is 4.31 Å². The van der Waals surface area contributed by atoms with E-state index in [9.17, 15) is 17.9 Å². The highest BCUT2D eigenvalue weighted by Gasteiger charge is 2.29. The maximum atomic E-state index is 13.4. The van der Waals surface area contributed by atoms with E-state index in [4.69, 9.17) is 4.42 Å². The molecule has 0 fully saturated rings. The standard InChI is InChI=1S/C17H16FNO4S/c1-11(17-7-12-5-3-4-6-16(12)23-17)19(2)24(21,22)15-9-13(18)8-14(20)10-15/h3-11,20H,1-2H3. The maximum absolute atomic E-state index is 13.4. The van der Waals surface area contributed by atoms with Gasteiger partial charge in [-0.3, -0.25) is 0 Å². The van der Waals surface area contributed by atoms with Crippen molar-refractivity contribution in [2.24, 2.45) is 0 Å². The zero-order chi connectivity index (χ0) is 17.5. The summed E-state index contributed by atoms with van der Waals surface area (Å²) in [4.78, 5) is -0.314. The molecule has 0 aliphatic carbocycles. The van der Waals surface area contributed by atoms with Gasteiger partial charge in [0.05, 0.1) is 10.9 Å². The Morgan fingerprint density at radius 1 is 1.17 bits per heavy atom. The van der Waals surface area contributed by atoms with Crippen LogP contribution in [0.2, 0.25) is 0 Å². The van der Waals surface area contributed by atoms with Crippen molar-refractivity contribution in [3.05, 3.63) is 60.1 Å². The number of nitrogens with zero attached hydrogens (tertiary/aromatic N) is 1. The molecule has 3 aromatic rings. The summed E-state index contributed by atoms with van der Waals surface area (Å²) in [6.07, 6.45) is 0. The van der Waals surface area contributed by atoms with Crippen molar-refractivity contribution in [3.63, 3.8) is 0 Å². The van der Waals surface area contributed by atoms with Gasteiger partial charge in [-0.1, -0.05) is 18.2 Å². The predicted molar refractivity (Wildman–Crippen MR) is 87.6 cm³/mol. The number of halogens is 1. The highest BCUT2D eigenvalue weighted by molar-refractivity contribution is 7.89. The summed E-state index contributed by atoms with van der Waals surface area (Å²) in [5.74, 6) is -0.792. The highest BCUT2D eigenvalue weighted by atomic mass is 32.2. The van der Waals surface area contributed by atoms with Crippen molar-refractivity contribution in [1.82, 2.24) is 4.31 Å². The van der Waals surface area contributed by atoms with E-state index < -0.39 is 27.6 Å². The Morgan fingerprint density at radius 2 is 1.88 bits per heavy atom. The number of hydrogen-bond acceptors (Lipinski definition) is 4. The van der Waals surface area contributed by atoms with E-state index in [2.05, 4.69) is 0 Å². The van der Waals surface area contributed by atoms with E-state index in [1.54, 1.807) is 19.1 Å². The second-order valence-electron chi connectivity index (χ2n) is 5.53. The Hall–Kier alpha value is -2.38. The summed E-state index contributed by atoms with van der Waals surface area (Å²) in [6.45, 7) is 1.68. The van der Waals surface area contributed by atoms with E-state index >= 15 is 0 Å². The lowest BCUT2D eigenvalue weighted by Gasteiger charge is -2.22. The first-order valence-corrected chi connectivity index (χ1v) is 8.69. The summed E-state index contributed by atoms with van der Waals surface area (Å²) >= 11 is 0. The molecule has 2 aromatic carbocycles. The van der Waals surface area contributed by atoms with Gasteiger partial charge in [0, 0.05) is 24.6 Å². The topological polar surface area (TPSA) is 70.8 Å². The van der Waals surface area contributed by atoms with Crippen LogP contribution in [-0.4, -0.2) is 24.9 Å². The molecular weight excluding hydrogens is 333 g/mol. The molecule has 0 spiro atoms. The summed E-state index contributed by atoms with van der Waals surface area (Å²) in [5, 5.41) is 10.3. The zero-order valence-corrected chi connectivity index (χ0v) is 13.9. The third-order valence-corrected chi connectivity index (χ3v) is 5.84. The molecule has 126 valence electrons. The molecule has 1 N–H and O–H groups in total. The number of sulfonamides is 1. The third kappa shape index (κ3) is 2.88. The molecule has 0 amide bonds. The van der Waals surface area contributed by atoms with Gasteiger partial charge in [0.2, 0.25) is 10.0 Å². The van der Waals surface area contributed by atoms with E-state index in [-0.39, 0.29) is 4.90 Å². The average molecular weight is 349 g/mol. The molecule has 1 unspecified atom stereocenters. The van der Waals surface area contributed by atoms with Crippen LogP contribution in [-0.2, 0) is 10.0 Å². The van der Waals surface area contributed by atoms with Crippen LogP contribution >= 0.6 is 0 Å². The lowest BCUT2D eigenvalue weighted by molar-refractivity contribution is 0.347. The number of para-hydroxylation sites is 1. The van der Waals surface area contributed by atoms with Crippen LogP contribution in [0.4, 0.5) is 4.39 Å². The number of furan rings is 1. The van der Waals surface area contributed by atoms with Crippen molar-refractivity contribution in [2.45, 2.75) is 17.9 Å². The molecule has 7 heteroatoms. The second kappa shape index (κ2) is 5.92.